The zero-order valence-electron chi connectivity index (χ0n) is 17.7. The first kappa shape index (κ1) is 24.5. The Hall–Kier alpha value is -2.76. The molecule has 1 atom stereocenters. The fraction of sp³-hybridized carbons (Fsp3) is 0.250. The van der Waals surface area contributed by atoms with Crippen LogP contribution >= 0.6 is 24.8 Å². The van der Waals surface area contributed by atoms with Gasteiger partial charge in [-0.1, -0.05) is 18.2 Å². The van der Waals surface area contributed by atoms with Gasteiger partial charge in [0.25, 0.3) is 5.91 Å². The van der Waals surface area contributed by atoms with Crippen LogP contribution in [0.1, 0.15) is 40.4 Å². The summed E-state index contributed by atoms with van der Waals surface area (Å²) in [6, 6.07) is 16.1. The number of rotatable bonds is 4. The maximum atomic E-state index is 12.9. The fourth-order valence-corrected chi connectivity index (χ4v) is 3.90. The molecular weight excluding hydrogens is 431 g/mol. The van der Waals surface area contributed by atoms with Crippen LogP contribution in [0, 0.1) is 0 Å². The number of nitrogens with one attached hydrogen (secondary N) is 1. The van der Waals surface area contributed by atoms with Crippen molar-refractivity contribution in [3.05, 3.63) is 77.6 Å². The Morgan fingerprint density at radius 2 is 1.77 bits per heavy atom. The van der Waals surface area contributed by atoms with Crippen LogP contribution in [0.2, 0.25) is 0 Å². The maximum Gasteiger partial charge on any atom is 0.253 e. The van der Waals surface area contributed by atoms with Gasteiger partial charge in [0, 0.05) is 43.4 Å². The number of carbonyl (C=O) groups is 1. The van der Waals surface area contributed by atoms with Crippen molar-refractivity contribution >= 4 is 42.1 Å². The minimum atomic E-state index is -0.0982. The normalized spacial score (nSPS) is 14.5. The average Bonchev–Trinajstić information content (AvgIpc) is 2.74. The third kappa shape index (κ3) is 5.49. The molecule has 0 aliphatic heterocycles. The standard InChI is InChI=1S/C24H26N4O.2ClH/c1-28(2)21-9-6-16(7-10-21)18-12-19(15-26-14-18)24(29)27-23-5-3-4-17-13-20(25)8-11-22(17)23;;/h6-15,23H,3-5,25H2,1-2H3,(H,27,29);2*1H. The summed E-state index contributed by atoms with van der Waals surface area (Å²) in [6.07, 6.45) is 6.40. The minimum Gasteiger partial charge on any atom is -0.399 e. The molecule has 0 radical (unpaired) electrons. The van der Waals surface area contributed by atoms with E-state index in [1.54, 1.807) is 12.4 Å². The number of aromatic nitrogens is 1. The lowest BCUT2D eigenvalue weighted by Gasteiger charge is -2.26. The summed E-state index contributed by atoms with van der Waals surface area (Å²) in [7, 11) is 4.03. The SMILES string of the molecule is CN(C)c1ccc(-c2cncc(C(=O)NC3CCCc4cc(N)ccc43)c2)cc1.Cl.Cl. The highest BCUT2D eigenvalue weighted by Crippen LogP contribution is 2.31. The Morgan fingerprint density at radius 3 is 2.48 bits per heavy atom. The second-order valence-corrected chi connectivity index (χ2v) is 7.78. The number of anilines is 2. The third-order valence-electron chi connectivity index (χ3n) is 5.50. The van der Waals surface area contributed by atoms with E-state index in [1.165, 1.54) is 11.1 Å². The molecule has 0 bridgehead atoms. The van der Waals surface area contributed by atoms with E-state index in [9.17, 15) is 4.79 Å². The lowest BCUT2D eigenvalue weighted by molar-refractivity contribution is 0.0932. The van der Waals surface area contributed by atoms with Gasteiger partial charge in [-0.25, -0.2) is 0 Å². The monoisotopic (exact) mass is 458 g/mol. The summed E-state index contributed by atoms with van der Waals surface area (Å²) in [5.41, 5.74) is 12.8. The first-order valence-corrected chi connectivity index (χ1v) is 9.93. The molecular formula is C24H28Cl2N4O. The van der Waals surface area contributed by atoms with E-state index in [-0.39, 0.29) is 36.8 Å². The molecule has 1 heterocycles. The van der Waals surface area contributed by atoms with Crippen molar-refractivity contribution in [2.75, 3.05) is 24.7 Å². The van der Waals surface area contributed by atoms with Gasteiger partial charge in [0.05, 0.1) is 11.6 Å². The molecule has 4 rings (SSSR count). The lowest BCUT2D eigenvalue weighted by atomic mass is 9.87. The summed E-state index contributed by atoms with van der Waals surface area (Å²) < 4.78 is 0. The Morgan fingerprint density at radius 1 is 1.03 bits per heavy atom. The number of benzene rings is 2. The molecule has 3 N–H and O–H groups in total. The number of fused-ring (bicyclic) bond motifs is 1. The first-order valence-electron chi connectivity index (χ1n) is 9.93. The van der Waals surface area contributed by atoms with E-state index in [0.29, 0.717) is 5.56 Å². The van der Waals surface area contributed by atoms with Crippen LogP contribution in [0.5, 0.6) is 0 Å². The summed E-state index contributed by atoms with van der Waals surface area (Å²) in [5.74, 6) is -0.0982. The molecule has 5 nitrogen and oxygen atoms in total. The smallest absolute Gasteiger partial charge is 0.253 e. The van der Waals surface area contributed by atoms with Crippen molar-refractivity contribution in [2.24, 2.45) is 0 Å². The lowest BCUT2D eigenvalue weighted by Crippen LogP contribution is -2.31. The zero-order valence-corrected chi connectivity index (χ0v) is 19.3. The Bertz CT molecular complexity index is 1040. The van der Waals surface area contributed by atoms with Gasteiger partial charge in [0.1, 0.15) is 0 Å². The number of hydrogen-bond acceptors (Lipinski definition) is 4. The summed E-state index contributed by atoms with van der Waals surface area (Å²) in [5, 5.41) is 3.19. The van der Waals surface area contributed by atoms with Crippen molar-refractivity contribution in [1.29, 1.82) is 0 Å². The van der Waals surface area contributed by atoms with Crippen LogP contribution in [-0.2, 0) is 6.42 Å². The van der Waals surface area contributed by atoms with E-state index in [0.717, 1.165) is 41.8 Å². The predicted octanol–water partition coefficient (Wildman–Crippen LogP) is 5.05. The number of nitrogens with zero attached hydrogens (tertiary/aromatic N) is 2. The topological polar surface area (TPSA) is 71.2 Å². The number of halogens is 2. The van der Waals surface area contributed by atoms with Crippen LogP contribution in [0.25, 0.3) is 11.1 Å². The number of carbonyl (C=O) groups excluding carboxylic acids is 1. The van der Waals surface area contributed by atoms with Gasteiger partial charge in [-0.05, 0) is 66.3 Å². The van der Waals surface area contributed by atoms with E-state index in [2.05, 4.69) is 39.5 Å². The van der Waals surface area contributed by atoms with Crippen molar-refractivity contribution in [2.45, 2.75) is 25.3 Å². The van der Waals surface area contributed by atoms with Crippen molar-refractivity contribution < 1.29 is 4.79 Å². The second-order valence-electron chi connectivity index (χ2n) is 7.78. The highest BCUT2D eigenvalue weighted by Gasteiger charge is 2.22. The molecule has 1 aliphatic rings. The van der Waals surface area contributed by atoms with Crippen molar-refractivity contribution in [3.63, 3.8) is 0 Å². The fourth-order valence-electron chi connectivity index (χ4n) is 3.90. The summed E-state index contributed by atoms with van der Waals surface area (Å²) in [4.78, 5) is 19.3. The molecule has 1 amide bonds. The number of nitrogens with two attached hydrogens (primary N) is 1. The molecule has 1 unspecified atom stereocenters. The Kier molecular flexibility index (Phi) is 8.31. The molecule has 0 saturated heterocycles. The van der Waals surface area contributed by atoms with Gasteiger partial charge in [-0.3, -0.25) is 9.78 Å². The Balaban J connectivity index is 0.00000171. The zero-order chi connectivity index (χ0) is 20.4. The third-order valence-corrected chi connectivity index (χ3v) is 5.50. The minimum absolute atomic E-state index is 0. The van der Waals surface area contributed by atoms with Crippen LogP contribution < -0.4 is 16.0 Å². The van der Waals surface area contributed by atoms with Gasteiger partial charge < -0.3 is 16.0 Å². The van der Waals surface area contributed by atoms with Crippen LogP contribution in [-0.4, -0.2) is 25.0 Å². The molecule has 164 valence electrons. The number of pyridine rings is 1. The summed E-state index contributed by atoms with van der Waals surface area (Å²) >= 11 is 0. The second kappa shape index (κ2) is 10.5. The van der Waals surface area contributed by atoms with Gasteiger partial charge in [-0.15, -0.1) is 24.8 Å². The van der Waals surface area contributed by atoms with Crippen molar-refractivity contribution in [1.82, 2.24) is 10.3 Å². The maximum absolute atomic E-state index is 12.9. The summed E-state index contributed by atoms with van der Waals surface area (Å²) in [6.45, 7) is 0. The number of aryl methyl sites for hydroxylation is 1. The van der Waals surface area contributed by atoms with Gasteiger partial charge >= 0.3 is 0 Å². The average molecular weight is 459 g/mol. The van der Waals surface area contributed by atoms with Crippen LogP contribution in [0.4, 0.5) is 11.4 Å². The molecule has 0 fully saturated rings. The molecule has 0 saturated carbocycles. The number of amides is 1. The number of nitrogen functional groups attached to an aromatic ring is 1. The molecule has 31 heavy (non-hydrogen) atoms. The van der Waals surface area contributed by atoms with Crippen molar-refractivity contribution in [3.8, 4) is 11.1 Å². The van der Waals surface area contributed by atoms with Gasteiger partial charge in [-0.2, -0.15) is 0 Å². The predicted molar refractivity (Wildman–Crippen MR) is 132 cm³/mol. The molecule has 2 aromatic carbocycles. The van der Waals surface area contributed by atoms with E-state index < -0.39 is 0 Å². The molecule has 1 aliphatic carbocycles. The Labute approximate surface area is 195 Å². The first-order chi connectivity index (χ1) is 14.0. The number of hydrogen-bond donors (Lipinski definition) is 2. The van der Waals surface area contributed by atoms with Gasteiger partial charge in [0.2, 0.25) is 0 Å². The molecule has 3 aromatic rings. The molecule has 0 spiro atoms. The van der Waals surface area contributed by atoms with E-state index >= 15 is 0 Å². The molecule has 1 aromatic heterocycles. The largest absolute Gasteiger partial charge is 0.399 e. The highest BCUT2D eigenvalue weighted by molar-refractivity contribution is 5.95. The van der Waals surface area contributed by atoms with Gasteiger partial charge in [0.15, 0.2) is 0 Å². The quantitative estimate of drug-likeness (QED) is 0.536. The van der Waals surface area contributed by atoms with E-state index in [1.807, 2.05) is 38.4 Å². The van der Waals surface area contributed by atoms with E-state index in [4.69, 9.17) is 5.73 Å². The van der Waals surface area contributed by atoms with Crippen LogP contribution in [0.3, 0.4) is 0 Å². The van der Waals surface area contributed by atoms with Crippen LogP contribution in [0.15, 0.2) is 60.9 Å². The molecule has 7 heteroatoms. The highest BCUT2D eigenvalue weighted by atomic mass is 35.5.